The fourth-order valence-electron chi connectivity index (χ4n) is 4.68. The molecule has 0 atom stereocenters. The summed E-state index contributed by atoms with van der Waals surface area (Å²) in [6, 6.07) is 21.1. The standard InChI is InChI=1S/C28H25FN2O4S/c29-24-12-10-23(11-13-24)28(33)14-17-31(18-15-28)27(32)22-8-6-20(7-9-22)19-36(34,35)25-5-1-3-21-4-2-16-30-26(21)25/h1-13,16,33H,14-15,17-19H2. The summed E-state index contributed by atoms with van der Waals surface area (Å²) < 4.78 is 39.5. The van der Waals surface area contributed by atoms with Crippen LogP contribution < -0.4 is 0 Å². The van der Waals surface area contributed by atoms with E-state index in [2.05, 4.69) is 4.98 Å². The van der Waals surface area contributed by atoms with E-state index >= 15 is 0 Å². The smallest absolute Gasteiger partial charge is 0.253 e. The van der Waals surface area contributed by atoms with Crippen LogP contribution in [-0.2, 0) is 21.2 Å². The topological polar surface area (TPSA) is 87.6 Å². The summed E-state index contributed by atoms with van der Waals surface area (Å²) in [5.41, 5.74) is 1.01. The SMILES string of the molecule is O=C(c1ccc(CS(=O)(=O)c2cccc3cccnc23)cc1)N1CCC(O)(c2ccc(F)cc2)CC1. The van der Waals surface area contributed by atoms with E-state index in [1.807, 2.05) is 12.1 Å². The molecule has 3 aromatic carbocycles. The number of para-hydroxylation sites is 1. The molecule has 0 unspecified atom stereocenters. The molecule has 184 valence electrons. The Morgan fingerprint density at radius 1 is 0.944 bits per heavy atom. The van der Waals surface area contributed by atoms with Crippen LogP contribution in [0.3, 0.4) is 0 Å². The van der Waals surface area contributed by atoms with Gasteiger partial charge in [0, 0.05) is 30.2 Å². The number of likely N-dealkylation sites (tertiary alicyclic amines) is 1. The van der Waals surface area contributed by atoms with Crippen molar-refractivity contribution >= 4 is 26.6 Å². The molecule has 8 heteroatoms. The second kappa shape index (κ2) is 9.44. The molecule has 0 aliphatic carbocycles. The Bertz CT molecular complexity index is 1510. The van der Waals surface area contributed by atoms with Gasteiger partial charge in [0.1, 0.15) is 5.82 Å². The van der Waals surface area contributed by atoms with Gasteiger partial charge in [-0.3, -0.25) is 9.78 Å². The van der Waals surface area contributed by atoms with Gasteiger partial charge in [-0.1, -0.05) is 42.5 Å². The molecule has 1 fully saturated rings. The van der Waals surface area contributed by atoms with Crippen molar-refractivity contribution in [3.05, 3.63) is 108 Å². The highest BCUT2D eigenvalue weighted by atomic mass is 32.2. The van der Waals surface area contributed by atoms with Crippen LogP contribution in [0, 0.1) is 5.82 Å². The molecule has 1 aliphatic heterocycles. The summed E-state index contributed by atoms with van der Waals surface area (Å²) in [5, 5.41) is 11.7. The average molecular weight is 505 g/mol. The molecule has 0 radical (unpaired) electrons. The maximum absolute atomic E-state index is 13.2. The fourth-order valence-corrected chi connectivity index (χ4v) is 6.22. The minimum absolute atomic E-state index is 0.177. The Hall–Kier alpha value is -3.62. The van der Waals surface area contributed by atoms with Gasteiger partial charge in [-0.15, -0.1) is 0 Å². The van der Waals surface area contributed by atoms with Crippen molar-refractivity contribution < 1.29 is 22.7 Å². The van der Waals surface area contributed by atoms with Crippen LogP contribution >= 0.6 is 0 Å². The average Bonchev–Trinajstić information content (AvgIpc) is 2.89. The molecular formula is C28H25FN2O4S. The van der Waals surface area contributed by atoms with Crippen molar-refractivity contribution in [2.75, 3.05) is 13.1 Å². The maximum Gasteiger partial charge on any atom is 0.253 e. The highest BCUT2D eigenvalue weighted by Gasteiger charge is 2.35. The molecule has 2 heterocycles. The minimum Gasteiger partial charge on any atom is -0.385 e. The summed E-state index contributed by atoms with van der Waals surface area (Å²) >= 11 is 0. The zero-order chi connectivity index (χ0) is 25.3. The van der Waals surface area contributed by atoms with Gasteiger partial charge in [0.2, 0.25) is 0 Å². The molecule has 6 nitrogen and oxygen atoms in total. The molecule has 5 rings (SSSR count). The first-order valence-corrected chi connectivity index (χ1v) is 13.3. The molecular weight excluding hydrogens is 479 g/mol. The summed E-state index contributed by atoms with van der Waals surface area (Å²) in [4.78, 5) is 19.1. The number of fused-ring (bicyclic) bond motifs is 1. The molecule has 36 heavy (non-hydrogen) atoms. The number of nitrogens with zero attached hydrogens (tertiary/aromatic N) is 2. The minimum atomic E-state index is -3.64. The number of halogens is 1. The van der Waals surface area contributed by atoms with Crippen molar-refractivity contribution in [1.29, 1.82) is 0 Å². The molecule has 0 bridgehead atoms. The monoisotopic (exact) mass is 504 g/mol. The third-order valence-corrected chi connectivity index (χ3v) is 8.46. The molecule has 1 amide bonds. The van der Waals surface area contributed by atoms with E-state index in [9.17, 15) is 22.7 Å². The predicted octanol–water partition coefficient (Wildman–Crippen LogP) is 4.47. The predicted molar refractivity (Wildman–Crippen MR) is 135 cm³/mol. The molecule has 1 N–H and O–H groups in total. The van der Waals surface area contributed by atoms with Crippen molar-refractivity contribution in [3.8, 4) is 0 Å². The van der Waals surface area contributed by atoms with Crippen LogP contribution in [0.2, 0.25) is 0 Å². The molecule has 0 saturated carbocycles. The number of sulfone groups is 1. The third kappa shape index (κ3) is 4.74. The zero-order valence-electron chi connectivity index (χ0n) is 19.5. The molecule has 1 aromatic heterocycles. The van der Waals surface area contributed by atoms with Crippen molar-refractivity contribution in [3.63, 3.8) is 0 Å². The second-order valence-corrected chi connectivity index (χ2v) is 11.1. The van der Waals surface area contributed by atoms with Gasteiger partial charge in [0.05, 0.1) is 21.8 Å². The first kappa shape index (κ1) is 24.1. The van der Waals surface area contributed by atoms with Gasteiger partial charge in [-0.2, -0.15) is 0 Å². The number of hydrogen-bond acceptors (Lipinski definition) is 5. The van der Waals surface area contributed by atoms with Crippen molar-refractivity contribution in [1.82, 2.24) is 9.88 Å². The lowest BCUT2D eigenvalue weighted by molar-refractivity contribution is -0.0211. The van der Waals surface area contributed by atoms with Crippen LogP contribution in [0.5, 0.6) is 0 Å². The lowest BCUT2D eigenvalue weighted by Crippen LogP contribution is -2.45. The van der Waals surface area contributed by atoms with Crippen LogP contribution in [0.1, 0.15) is 34.3 Å². The number of carbonyl (C=O) groups is 1. The van der Waals surface area contributed by atoms with Gasteiger partial charge < -0.3 is 10.0 Å². The Kier molecular flexibility index (Phi) is 6.32. The third-order valence-electron chi connectivity index (χ3n) is 6.75. The summed E-state index contributed by atoms with van der Waals surface area (Å²) in [7, 11) is -3.64. The Morgan fingerprint density at radius 3 is 2.31 bits per heavy atom. The summed E-state index contributed by atoms with van der Waals surface area (Å²) in [5.74, 6) is -0.741. The molecule has 1 saturated heterocycles. The number of rotatable bonds is 5. The van der Waals surface area contributed by atoms with Gasteiger partial charge in [0.25, 0.3) is 5.91 Å². The largest absolute Gasteiger partial charge is 0.385 e. The van der Waals surface area contributed by atoms with Gasteiger partial charge in [-0.25, -0.2) is 12.8 Å². The number of hydrogen-bond donors (Lipinski definition) is 1. The summed E-state index contributed by atoms with van der Waals surface area (Å²) in [6.45, 7) is 0.716. The highest BCUT2D eigenvalue weighted by molar-refractivity contribution is 7.90. The lowest BCUT2D eigenvalue weighted by Gasteiger charge is -2.38. The number of carbonyl (C=O) groups excluding carboxylic acids is 1. The number of piperidine rings is 1. The van der Waals surface area contributed by atoms with E-state index in [-0.39, 0.29) is 22.4 Å². The molecule has 0 spiro atoms. The quantitative estimate of drug-likeness (QED) is 0.433. The van der Waals surface area contributed by atoms with Gasteiger partial charge in [0.15, 0.2) is 9.84 Å². The zero-order valence-corrected chi connectivity index (χ0v) is 20.3. The Balaban J connectivity index is 1.26. The van der Waals surface area contributed by atoms with Crippen molar-refractivity contribution in [2.24, 2.45) is 0 Å². The maximum atomic E-state index is 13.2. The van der Waals surface area contributed by atoms with Crippen LogP contribution in [0.15, 0.2) is 90.0 Å². The normalized spacial score (nSPS) is 15.7. The van der Waals surface area contributed by atoms with Gasteiger partial charge >= 0.3 is 0 Å². The molecule has 4 aromatic rings. The number of aliphatic hydroxyl groups is 1. The molecule has 1 aliphatic rings. The second-order valence-electron chi connectivity index (χ2n) is 9.12. The Labute approximate surface area is 209 Å². The number of benzene rings is 3. The van der Waals surface area contributed by atoms with E-state index in [4.69, 9.17) is 0 Å². The van der Waals surface area contributed by atoms with Crippen LogP contribution in [-0.4, -0.2) is 42.4 Å². The van der Waals surface area contributed by atoms with E-state index in [0.717, 1.165) is 5.39 Å². The first-order chi connectivity index (χ1) is 17.2. The number of pyridine rings is 1. The lowest BCUT2D eigenvalue weighted by atomic mass is 9.84. The fraction of sp³-hybridized carbons (Fsp3) is 0.214. The van der Waals surface area contributed by atoms with Crippen molar-refractivity contribution in [2.45, 2.75) is 29.1 Å². The Morgan fingerprint density at radius 2 is 1.61 bits per heavy atom. The van der Waals surface area contributed by atoms with E-state index in [1.165, 1.54) is 12.1 Å². The van der Waals surface area contributed by atoms with E-state index < -0.39 is 15.4 Å². The number of amides is 1. The van der Waals surface area contributed by atoms with Crippen LogP contribution in [0.4, 0.5) is 4.39 Å². The highest BCUT2D eigenvalue weighted by Crippen LogP contribution is 2.33. The number of aromatic nitrogens is 1. The van der Waals surface area contributed by atoms with E-state index in [1.54, 1.807) is 65.7 Å². The van der Waals surface area contributed by atoms with Gasteiger partial charge in [-0.05, 0) is 60.4 Å². The van der Waals surface area contributed by atoms with E-state index in [0.29, 0.717) is 48.1 Å². The van der Waals surface area contributed by atoms with Crippen LogP contribution in [0.25, 0.3) is 10.9 Å². The summed E-state index contributed by atoms with van der Waals surface area (Å²) in [6.07, 6.45) is 2.27. The first-order valence-electron chi connectivity index (χ1n) is 11.7.